The van der Waals surface area contributed by atoms with Crippen LogP contribution < -0.4 is 4.90 Å². The summed E-state index contributed by atoms with van der Waals surface area (Å²) in [7, 11) is 0. The first-order chi connectivity index (χ1) is 27.8. The summed E-state index contributed by atoms with van der Waals surface area (Å²) in [6.45, 7) is 0. The maximum atomic E-state index is 2.45. The number of allylic oxidation sites excluding steroid dienone is 4. The van der Waals surface area contributed by atoms with Crippen LogP contribution in [0, 0.1) is 0 Å². The summed E-state index contributed by atoms with van der Waals surface area (Å²) in [6.07, 6.45) is 9.92. The van der Waals surface area contributed by atoms with Crippen molar-refractivity contribution in [3.05, 3.63) is 218 Å². The molecule has 11 rings (SSSR count). The summed E-state index contributed by atoms with van der Waals surface area (Å²) in [4.78, 5) is 2.45. The van der Waals surface area contributed by atoms with Gasteiger partial charge in [-0.25, -0.2) is 0 Å². The van der Waals surface area contributed by atoms with Gasteiger partial charge in [-0.2, -0.15) is 0 Å². The average Bonchev–Trinajstić information content (AvgIpc) is 3.62. The van der Waals surface area contributed by atoms with E-state index in [0.717, 1.165) is 17.8 Å². The Balaban J connectivity index is 1.09. The van der Waals surface area contributed by atoms with E-state index in [9.17, 15) is 0 Å². The zero-order valence-electron chi connectivity index (χ0n) is 30.9. The molecular weight excluding hydrogens is 677 g/mol. The molecule has 0 fully saturated rings. The minimum Gasteiger partial charge on any atom is -0.310 e. The first-order valence-corrected chi connectivity index (χ1v) is 19.5. The fraction of sp³-hybridized carbons (Fsp3) is 0.0370. The number of aromatic nitrogens is 1. The Morgan fingerprint density at radius 1 is 0.464 bits per heavy atom. The maximum Gasteiger partial charge on any atom is 0.0547 e. The quantitative estimate of drug-likeness (QED) is 0.156. The fourth-order valence-electron chi connectivity index (χ4n) is 9.07. The molecule has 2 nitrogen and oxygen atoms in total. The summed E-state index contributed by atoms with van der Waals surface area (Å²) in [5.41, 5.74) is 10.7. The van der Waals surface area contributed by atoms with Gasteiger partial charge in [0, 0.05) is 39.0 Å². The molecule has 2 heteroatoms. The van der Waals surface area contributed by atoms with Gasteiger partial charge in [-0.05, 0) is 93.0 Å². The van der Waals surface area contributed by atoms with Gasteiger partial charge in [-0.15, -0.1) is 0 Å². The number of para-hydroxylation sites is 2. The van der Waals surface area contributed by atoms with Crippen LogP contribution in [0.25, 0.3) is 70.9 Å². The normalized spacial score (nSPS) is 14.0. The molecule has 0 spiro atoms. The van der Waals surface area contributed by atoms with Crippen molar-refractivity contribution in [2.75, 3.05) is 4.90 Å². The van der Waals surface area contributed by atoms with E-state index in [1.54, 1.807) is 0 Å². The highest BCUT2D eigenvalue weighted by atomic mass is 15.1. The van der Waals surface area contributed by atoms with Crippen LogP contribution in [0.3, 0.4) is 0 Å². The third-order valence-electron chi connectivity index (χ3n) is 11.7. The molecular formula is C54H38N2. The van der Waals surface area contributed by atoms with Crippen LogP contribution in [0.4, 0.5) is 17.1 Å². The number of hydrogen-bond donors (Lipinski definition) is 0. The van der Waals surface area contributed by atoms with Gasteiger partial charge in [0.1, 0.15) is 0 Å². The molecule has 10 aromatic rings. The van der Waals surface area contributed by atoms with Crippen LogP contribution in [0.2, 0.25) is 0 Å². The van der Waals surface area contributed by atoms with E-state index in [1.807, 2.05) is 0 Å². The lowest BCUT2D eigenvalue weighted by atomic mass is 9.92. The summed E-state index contributed by atoms with van der Waals surface area (Å²) in [5, 5.41) is 10.1. The van der Waals surface area contributed by atoms with Crippen molar-refractivity contribution >= 4 is 71.2 Å². The molecule has 0 saturated heterocycles. The molecule has 0 radical (unpaired) electrons. The van der Waals surface area contributed by atoms with E-state index in [4.69, 9.17) is 0 Å². The Morgan fingerprint density at radius 3 is 2.02 bits per heavy atom. The highest BCUT2D eigenvalue weighted by Crippen LogP contribution is 2.44. The smallest absolute Gasteiger partial charge is 0.0547 e. The summed E-state index contributed by atoms with van der Waals surface area (Å²) in [6, 6.07) is 69.2. The molecule has 0 saturated carbocycles. The Bertz CT molecular complexity index is 3180. The first-order valence-electron chi connectivity index (χ1n) is 19.5. The zero-order chi connectivity index (χ0) is 37.0. The van der Waals surface area contributed by atoms with Crippen LogP contribution >= 0.6 is 0 Å². The molecule has 56 heavy (non-hydrogen) atoms. The van der Waals surface area contributed by atoms with Crippen molar-refractivity contribution in [2.45, 2.75) is 12.3 Å². The van der Waals surface area contributed by atoms with E-state index in [2.05, 4.69) is 222 Å². The van der Waals surface area contributed by atoms with Crippen molar-refractivity contribution in [1.29, 1.82) is 0 Å². The molecule has 1 atom stereocenters. The summed E-state index contributed by atoms with van der Waals surface area (Å²) >= 11 is 0. The van der Waals surface area contributed by atoms with Crippen LogP contribution in [0.15, 0.2) is 212 Å². The maximum absolute atomic E-state index is 2.45. The number of hydrogen-bond acceptors (Lipinski definition) is 1. The van der Waals surface area contributed by atoms with Gasteiger partial charge < -0.3 is 9.47 Å². The third-order valence-corrected chi connectivity index (χ3v) is 11.7. The fourth-order valence-corrected chi connectivity index (χ4v) is 9.07. The largest absolute Gasteiger partial charge is 0.310 e. The lowest BCUT2D eigenvalue weighted by Crippen LogP contribution is -2.11. The minimum atomic E-state index is 0.355. The first kappa shape index (κ1) is 32.3. The number of rotatable bonds is 6. The van der Waals surface area contributed by atoms with E-state index < -0.39 is 0 Å². The molecule has 0 N–H and O–H groups in total. The third kappa shape index (κ3) is 5.26. The summed E-state index contributed by atoms with van der Waals surface area (Å²) < 4.78 is 2.45. The van der Waals surface area contributed by atoms with Crippen molar-refractivity contribution in [1.82, 2.24) is 4.57 Å². The standard InChI is InChI=1S/C54H38N2/c1-2-15-37(16-3-1)40-19-14-20-43(35-40)55(53-36-41-18-5-6-21-44(41)47-24-8-9-25-48(47)53)42-32-29-39(30-33-42)45-22-10-12-27-50(45)56-51-28-13-11-26-49(51)54-46-23-7-4-17-38(46)31-34-52(54)56/h1-15,17-37H,16H2. The summed E-state index contributed by atoms with van der Waals surface area (Å²) in [5.74, 6) is 0.355. The van der Waals surface area contributed by atoms with Gasteiger partial charge in [0.2, 0.25) is 0 Å². The molecule has 0 aliphatic heterocycles. The Kier molecular flexibility index (Phi) is 7.67. The van der Waals surface area contributed by atoms with Gasteiger partial charge in [0.25, 0.3) is 0 Å². The molecule has 1 heterocycles. The van der Waals surface area contributed by atoms with Crippen LogP contribution in [0.1, 0.15) is 17.9 Å². The van der Waals surface area contributed by atoms with E-state index in [0.29, 0.717) is 5.92 Å². The number of anilines is 3. The van der Waals surface area contributed by atoms with Gasteiger partial charge in [-0.1, -0.05) is 164 Å². The van der Waals surface area contributed by atoms with Gasteiger partial charge in [0.15, 0.2) is 0 Å². The second-order valence-electron chi connectivity index (χ2n) is 14.8. The second-order valence-corrected chi connectivity index (χ2v) is 14.8. The molecule has 264 valence electrons. The van der Waals surface area contributed by atoms with E-state index >= 15 is 0 Å². The molecule has 9 aromatic carbocycles. The monoisotopic (exact) mass is 714 g/mol. The lowest BCUT2D eigenvalue weighted by Gasteiger charge is -2.29. The highest BCUT2D eigenvalue weighted by Gasteiger charge is 2.21. The number of fused-ring (bicyclic) bond motifs is 8. The van der Waals surface area contributed by atoms with Gasteiger partial charge >= 0.3 is 0 Å². The van der Waals surface area contributed by atoms with Gasteiger partial charge in [0.05, 0.1) is 22.4 Å². The topological polar surface area (TPSA) is 8.17 Å². The SMILES string of the molecule is C1=CCC(c2cccc(N(c3ccc(-c4ccccc4-n4c5ccccc5c5c6ccccc6ccc54)cc3)c3cc4ccccc4c4ccccc34)c2)C=C1. The van der Waals surface area contributed by atoms with E-state index in [1.165, 1.54) is 82.2 Å². The van der Waals surface area contributed by atoms with Crippen molar-refractivity contribution in [2.24, 2.45) is 0 Å². The van der Waals surface area contributed by atoms with Gasteiger partial charge in [-0.3, -0.25) is 0 Å². The van der Waals surface area contributed by atoms with Crippen LogP contribution in [-0.4, -0.2) is 4.57 Å². The van der Waals surface area contributed by atoms with Crippen LogP contribution in [-0.2, 0) is 0 Å². The Hall–Kier alpha value is -7.16. The number of nitrogens with zero attached hydrogens (tertiary/aromatic N) is 2. The predicted octanol–water partition coefficient (Wildman–Crippen LogP) is 15.0. The Morgan fingerprint density at radius 2 is 1.18 bits per heavy atom. The van der Waals surface area contributed by atoms with Crippen LogP contribution in [0.5, 0.6) is 0 Å². The van der Waals surface area contributed by atoms with E-state index in [-0.39, 0.29) is 0 Å². The van der Waals surface area contributed by atoms with Crippen molar-refractivity contribution in [3.63, 3.8) is 0 Å². The minimum absolute atomic E-state index is 0.355. The molecule has 0 bridgehead atoms. The highest BCUT2D eigenvalue weighted by molar-refractivity contribution is 6.21. The lowest BCUT2D eigenvalue weighted by molar-refractivity contribution is 0.853. The van der Waals surface area contributed by atoms with Crippen molar-refractivity contribution < 1.29 is 0 Å². The predicted molar refractivity (Wildman–Crippen MR) is 239 cm³/mol. The average molecular weight is 715 g/mol. The van der Waals surface area contributed by atoms with Crippen molar-refractivity contribution in [3.8, 4) is 16.8 Å². The molecule has 1 aliphatic rings. The zero-order valence-corrected chi connectivity index (χ0v) is 30.9. The molecule has 1 unspecified atom stereocenters. The Labute approximate surface area is 326 Å². The molecule has 1 aliphatic carbocycles. The number of benzene rings is 9. The second kappa shape index (κ2) is 13.3. The molecule has 1 aromatic heterocycles. The molecule has 0 amide bonds.